The van der Waals surface area contributed by atoms with E-state index in [1.54, 1.807) is 0 Å². The summed E-state index contributed by atoms with van der Waals surface area (Å²) in [7, 11) is 1.46. The maximum absolute atomic E-state index is 11.9. The summed E-state index contributed by atoms with van der Waals surface area (Å²) in [6.07, 6.45) is 3.11. The van der Waals surface area contributed by atoms with Crippen molar-refractivity contribution in [2.45, 2.75) is 45.2 Å². The Morgan fingerprint density at radius 2 is 2.24 bits per heavy atom. The van der Waals surface area contributed by atoms with Gasteiger partial charge in [-0.15, -0.1) is 0 Å². The van der Waals surface area contributed by atoms with Crippen LogP contribution >= 0.6 is 0 Å². The van der Waals surface area contributed by atoms with Crippen molar-refractivity contribution < 1.29 is 9.53 Å². The first kappa shape index (κ1) is 15.8. The molecular formula is C17H26N2O2. The number of rotatable bonds is 8. The summed E-state index contributed by atoms with van der Waals surface area (Å²) in [4.78, 5) is 14.2. The zero-order valence-corrected chi connectivity index (χ0v) is 13.3. The van der Waals surface area contributed by atoms with Gasteiger partial charge in [0.15, 0.2) is 0 Å². The van der Waals surface area contributed by atoms with Crippen molar-refractivity contribution in [1.29, 1.82) is 0 Å². The van der Waals surface area contributed by atoms with Crippen molar-refractivity contribution in [2.75, 3.05) is 25.1 Å². The Morgan fingerprint density at radius 3 is 2.81 bits per heavy atom. The van der Waals surface area contributed by atoms with Gasteiger partial charge in [0.25, 0.3) is 0 Å². The summed E-state index contributed by atoms with van der Waals surface area (Å²) in [6.45, 7) is 6.02. The van der Waals surface area contributed by atoms with Gasteiger partial charge >= 0.3 is 5.97 Å². The smallest absolute Gasteiger partial charge is 0.322 e. The lowest BCUT2D eigenvalue weighted by Gasteiger charge is -2.26. The number of anilines is 1. The Bertz CT molecular complexity index is 472. The van der Waals surface area contributed by atoms with Gasteiger partial charge < -0.3 is 15.0 Å². The molecule has 0 amide bonds. The number of benzene rings is 1. The molecule has 1 fully saturated rings. The second-order valence-electron chi connectivity index (χ2n) is 5.72. The molecule has 1 N–H and O–H groups in total. The predicted octanol–water partition coefficient (Wildman–Crippen LogP) is 2.51. The van der Waals surface area contributed by atoms with Gasteiger partial charge in [-0.1, -0.05) is 12.1 Å². The molecule has 0 spiro atoms. The van der Waals surface area contributed by atoms with Crippen LogP contribution in [0.3, 0.4) is 0 Å². The van der Waals surface area contributed by atoms with Crippen LogP contribution in [0.5, 0.6) is 0 Å². The third-order valence-electron chi connectivity index (χ3n) is 3.94. The number of ether oxygens (including phenoxy) is 1. The standard InChI is InChI=1S/C17H26N2O2/c1-4-19(15-7-5-6-13(2)12-15)11-10-16(17(20)21-3)18-14-8-9-14/h5-7,12,14,16,18H,4,8-11H2,1-3H3. The van der Waals surface area contributed by atoms with E-state index in [1.165, 1.54) is 31.2 Å². The summed E-state index contributed by atoms with van der Waals surface area (Å²) < 4.78 is 4.91. The van der Waals surface area contributed by atoms with Gasteiger partial charge in [-0.25, -0.2) is 0 Å². The molecule has 1 aliphatic carbocycles. The number of aryl methyl sites for hydroxylation is 1. The molecule has 0 heterocycles. The van der Waals surface area contributed by atoms with Crippen LogP contribution in [0.15, 0.2) is 24.3 Å². The van der Waals surface area contributed by atoms with Crippen LogP contribution in [0, 0.1) is 6.92 Å². The van der Waals surface area contributed by atoms with E-state index in [-0.39, 0.29) is 12.0 Å². The average molecular weight is 290 g/mol. The molecule has 1 aromatic carbocycles. The van der Waals surface area contributed by atoms with Crippen molar-refractivity contribution in [1.82, 2.24) is 5.32 Å². The molecule has 1 saturated carbocycles. The molecule has 1 aliphatic rings. The lowest BCUT2D eigenvalue weighted by atomic mass is 10.1. The van der Waals surface area contributed by atoms with E-state index in [4.69, 9.17) is 4.74 Å². The van der Waals surface area contributed by atoms with E-state index in [9.17, 15) is 4.79 Å². The third kappa shape index (κ3) is 4.74. The largest absolute Gasteiger partial charge is 0.468 e. The molecule has 0 aliphatic heterocycles. The van der Waals surface area contributed by atoms with Gasteiger partial charge in [-0.3, -0.25) is 4.79 Å². The number of carbonyl (C=O) groups is 1. The van der Waals surface area contributed by atoms with E-state index < -0.39 is 0 Å². The maximum atomic E-state index is 11.9. The lowest BCUT2D eigenvalue weighted by Crippen LogP contribution is -2.41. The van der Waals surface area contributed by atoms with E-state index in [2.05, 4.69) is 48.3 Å². The van der Waals surface area contributed by atoms with Gasteiger partial charge in [0, 0.05) is 24.8 Å². The summed E-state index contributed by atoms with van der Waals surface area (Å²) in [5.74, 6) is -0.151. The Balaban J connectivity index is 1.94. The highest BCUT2D eigenvalue weighted by atomic mass is 16.5. The molecule has 0 bridgehead atoms. The molecular weight excluding hydrogens is 264 g/mol. The first-order valence-corrected chi connectivity index (χ1v) is 7.79. The van der Waals surface area contributed by atoms with Gasteiger partial charge in [0.05, 0.1) is 7.11 Å². The fourth-order valence-corrected chi connectivity index (χ4v) is 2.53. The molecule has 4 nitrogen and oxygen atoms in total. The lowest BCUT2D eigenvalue weighted by molar-refractivity contribution is -0.143. The number of carbonyl (C=O) groups excluding carboxylic acids is 1. The third-order valence-corrected chi connectivity index (χ3v) is 3.94. The topological polar surface area (TPSA) is 41.6 Å². The number of hydrogen-bond donors (Lipinski definition) is 1. The quantitative estimate of drug-likeness (QED) is 0.747. The maximum Gasteiger partial charge on any atom is 0.322 e. The average Bonchev–Trinajstić information content (AvgIpc) is 3.30. The number of methoxy groups -OCH3 is 1. The molecule has 1 unspecified atom stereocenters. The first-order chi connectivity index (χ1) is 10.1. The zero-order chi connectivity index (χ0) is 15.2. The van der Waals surface area contributed by atoms with E-state index in [0.717, 1.165) is 19.5 Å². The molecule has 2 rings (SSSR count). The number of nitrogens with zero attached hydrogens (tertiary/aromatic N) is 1. The Morgan fingerprint density at radius 1 is 1.48 bits per heavy atom. The van der Waals surface area contributed by atoms with Gasteiger partial charge in [0.1, 0.15) is 6.04 Å². The first-order valence-electron chi connectivity index (χ1n) is 7.79. The minimum Gasteiger partial charge on any atom is -0.468 e. The molecule has 1 aromatic rings. The number of hydrogen-bond acceptors (Lipinski definition) is 4. The van der Waals surface area contributed by atoms with Gasteiger partial charge in [-0.2, -0.15) is 0 Å². The molecule has 4 heteroatoms. The molecule has 21 heavy (non-hydrogen) atoms. The van der Waals surface area contributed by atoms with Crippen LogP contribution in [-0.2, 0) is 9.53 Å². The van der Waals surface area contributed by atoms with Crippen molar-refractivity contribution in [3.05, 3.63) is 29.8 Å². The normalized spacial score (nSPS) is 15.6. The highest BCUT2D eigenvalue weighted by molar-refractivity contribution is 5.75. The van der Waals surface area contributed by atoms with Crippen LogP contribution in [0.4, 0.5) is 5.69 Å². The molecule has 0 aromatic heterocycles. The van der Waals surface area contributed by atoms with Crippen LogP contribution in [0.2, 0.25) is 0 Å². The van der Waals surface area contributed by atoms with E-state index >= 15 is 0 Å². The second kappa shape index (κ2) is 7.46. The molecule has 116 valence electrons. The van der Waals surface area contributed by atoms with E-state index in [1.807, 2.05) is 0 Å². The Hall–Kier alpha value is -1.55. The summed E-state index contributed by atoms with van der Waals surface area (Å²) >= 11 is 0. The predicted molar refractivity (Wildman–Crippen MR) is 85.6 cm³/mol. The monoisotopic (exact) mass is 290 g/mol. The Kier molecular flexibility index (Phi) is 5.62. The van der Waals surface area contributed by atoms with Gasteiger partial charge in [-0.05, 0) is 50.8 Å². The van der Waals surface area contributed by atoms with Gasteiger partial charge in [0.2, 0.25) is 0 Å². The Labute approximate surface area is 127 Å². The van der Waals surface area contributed by atoms with Crippen molar-refractivity contribution in [3.63, 3.8) is 0 Å². The minimum atomic E-state index is -0.193. The number of nitrogens with one attached hydrogen (secondary N) is 1. The van der Waals surface area contributed by atoms with Crippen LogP contribution in [0.1, 0.15) is 31.7 Å². The SMILES string of the molecule is CCN(CCC(NC1CC1)C(=O)OC)c1cccc(C)c1. The fourth-order valence-electron chi connectivity index (χ4n) is 2.53. The summed E-state index contributed by atoms with van der Waals surface area (Å²) in [5.41, 5.74) is 2.47. The molecule has 0 radical (unpaired) electrons. The zero-order valence-electron chi connectivity index (χ0n) is 13.3. The summed E-state index contributed by atoms with van der Waals surface area (Å²) in [5, 5.41) is 3.38. The van der Waals surface area contributed by atoms with Crippen LogP contribution in [-0.4, -0.2) is 38.3 Å². The van der Waals surface area contributed by atoms with Crippen molar-refractivity contribution in [3.8, 4) is 0 Å². The fraction of sp³-hybridized carbons (Fsp3) is 0.588. The van der Waals surface area contributed by atoms with Crippen molar-refractivity contribution >= 4 is 11.7 Å². The van der Waals surface area contributed by atoms with Crippen molar-refractivity contribution in [2.24, 2.45) is 0 Å². The van der Waals surface area contributed by atoms with E-state index in [0.29, 0.717) is 6.04 Å². The molecule has 1 atom stereocenters. The van der Waals surface area contributed by atoms with Crippen LogP contribution < -0.4 is 10.2 Å². The minimum absolute atomic E-state index is 0.151. The summed E-state index contributed by atoms with van der Waals surface area (Å²) in [6, 6.07) is 8.80. The number of esters is 1. The highest BCUT2D eigenvalue weighted by Crippen LogP contribution is 2.21. The molecule has 0 saturated heterocycles. The van der Waals surface area contributed by atoms with Crippen LogP contribution in [0.25, 0.3) is 0 Å². The second-order valence-corrected chi connectivity index (χ2v) is 5.72. The highest BCUT2D eigenvalue weighted by Gasteiger charge is 2.29.